The molecular formula is C21H17ClN4OS. The molecule has 0 N–H and O–H groups in total. The van der Waals surface area contributed by atoms with Crippen LogP contribution in [0.3, 0.4) is 0 Å². The number of allylic oxidation sites excluding steroid dienone is 1. The van der Waals surface area contributed by atoms with E-state index in [0.717, 1.165) is 33.6 Å². The zero-order chi connectivity index (χ0) is 19.3. The molecule has 0 unspecified atom stereocenters. The van der Waals surface area contributed by atoms with Gasteiger partial charge in [0.2, 0.25) is 0 Å². The van der Waals surface area contributed by atoms with Crippen LogP contribution in [0.15, 0.2) is 83.0 Å². The van der Waals surface area contributed by atoms with Crippen molar-refractivity contribution in [2.45, 2.75) is 17.5 Å². The Hall–Kier alpha value is -2.83. The zero-order valence-corrected chi connectivity index (χ0v) is 16.5. The molecule has 0 aliphatic carbocycles. The molecule has 0 saturated heterocycles. The number of benzene rings is 2. The summed E-state index contributed by atoms with van der Waals surface area (Å²) in [6.45, 7) is 4.48. The fraction of sp³-hybridized carbons (Fsp3) is 0.0952. The van der Waals surface area contributed by atoms with Crippen LogP contribution < -0.4 is 0 Å². The second-order valence-electron chi connectivity index (χ2n) is 6.05. The van der Waals surface area contributed by atoms with Gasteiger partial charge >= 0.3 is 0 Å². The van der Waals surface area contributed by atoms with Crippen LogP contribution in [0.5, 0.6) is 0 Å². The molecule has 7 heteroatoms. The van der Waals surface area contributed by atoms with Crippen LogP contribution in [-0.4, -0.2) is 19.9 Å². The lowest BCUT2D eigenvalue weighted by Gasteiger charge is -2.06. The number of halogens is 1. The number of thioether (sulfide) groups is 1. The first-order valence-electron chi connectivity index (χ1n) is 8.68. The molecule has 0 fully saturated rings. The summed E-state index contributed by atoms with van der Waals surface area (Å²) in [6.07, 6.45) is 1.84. The van der Waals surface area contributed by atoms with Gasteiger partial charge in [-0.05, 0) is 12.1 Å². The lowest BCUT2D eigenvalue weighted by Crippen LogP contribution is -2.00. The molecule has 0 aliphatic heterocycles. The van der Waals surface area contributed by atoms with E-state index < -0.39 is 0 Å². The number of nitrogens with zero attached hydrogens (tertiary/aromatic N) is 4. The molecule has 140 valence electrons. The van der Waals surface area contributed by atoms with E-state index in [-0.39, 0.29) is 0 Å². The average Bonchev–Trinajstić information content (AvgIpc) is 3.35. The molecule has 28 heavy (non-hydrogen) atoms. The predicted octanol–water partition coefficient (Wildman–Crippen LogP) is 5.73. The van der Waals surface area contributed by atoms with E-state index in [1.54, 1.807) is 11.8 Å². The summed E-state index contributed by atoms with van der Waals surface area (Å²) in [5, 5.41) is 14.4. The van der Waals surface area contributed by atoms with Crippen LogP contribution in [0, 0.1) is 0 Å². The van der Waals surface area contributed by atoms with Crippen LogP contribution in [0.4, 0.5) is 0 Å². The molecule has 2 aromatic heterocycles. The minimum atomic E-state index is 0.602. The second-order valence-corrected chi connectivity index (χ2v) is 7.42. The van der Waals surface area contributed by atoms with Gasteiger partial charge in [0.25, 0.3) is 0 Å². The maximum atomic E-state index is 5.94. The molecule has 0 radical (unpaired) electrons. The molecule has 5 nitrogen and oxygen atoms in total. The summed E-state index contributed by atoms with van der Waals surface area (Å²) in [6, 6.07) is 19.4. The highest BCUT2D eigenvalue weighted by molar-refractivity contribution is 7.98. The number of aromatic nitrogens is 4. The maximum absolute atomic E-state index is 5.94. The van der Waals surface area contributed by atoms with Gasteiger partial charge in [0.1, 0.15) is 11.5 Å². The molecule has 0 amide bonds. The van der Waals surface area contributed by atoms with Crippen LogP contribution in [0.25, 0.3) is 22.6 Å². The van der Waals surface area contributed by atoms with Crippen molar-refractivity contribution in [3.05, 3.63) is 84.1 Å². The lowest BCUT2D eigenvalue weighted by molar-refractivity contribution is 0.397. The topological polar surface area (TPSA) is 56.7 Å². The van der Waals surface area contributed by atoms with E-state index in [1.807, 2.05) is 71.3 Å². The lowest BCUT2D eigenvalue weighted by atomic mass is 10.1. The van der Waals surface area contributed by atoms with E-state index >= 15 is 0 Å². The summed E-state index contributed by atoms with van der Waals surface area (Å²) < 4.78 is 7.53. The Labute approximate surface area is 172 Å². The minimum Gasteiger partial charge on any atom is -0.360 e. The number of hydrogen-bond donors (Lipinski definition) is 0. The Morgan fingerprint density at radius 2 is 1.82 bits per heavy atom. The van der Waals surface area contributed by atoms with Crippen LogP contribution in [0.1, 0.15) is 5.76 Å². The van der Waals surface area contributed by atoms with Crippen molar-refractivity contribution in [3.8, 4) is 22.6 Å². The fourth-order valence-corrected chi connectivity index (χ4v) is 3.71. The first-order valence-corrected chi connectivity index (χ1v) is 10.0. The minimum absolute atomic E-state index is 0.602. The van der Waals surface area contributed by atoms with E-state index in [9.17, 15) is 0 Å². The smallest absolute Gasteiger partial charge is 0.192 e. The Balaban J connectivity index is 1.52. The van der Waals surface area contributed by atoms with Gasteiger partial charge in [-0.3, -0.25) is 4.57 Å². The fourth-order valence-electron chi connectivity index (χ4n) is 2.76. The van der Waals surface area contributed by atoms with E-state index in [1.165, 1.54) is 0 Å². The Bertz CT molecular complexity index is 1070. The van der Waals surface area contributed by atoms with Gasteiger partial charge in [0.15, 0.2) is 11.0 Å². The van der Waals surface area contributed by atoms with Crippen LogP contribution in [0.2, 0.25) is 5.02 Å². The van der Waals surface area contributed by atoms with Crippen molar-refractivity contribution in [3.63, 3.8) is 0 Å². The van der Waals surface area contributed by atoms with E-state index in [4.69, 9.17) is 16.1 Å². The second kappa shape index (κ2) is 8.46. The number of hydrogen-bond acceptors (Lipinski definition) is 5. The molecule has 0 spiro atoms. The SMILES string of the molecule is C=CCn1c(SCc2cc(-c3ccc(Cl)cc3)no2)nnc1-c1ccccc1. The summed E-state index contributed by atoms with van der Waals surface area (Å²) in [7, 11) is 0. The third-order valence-corrected chi connectivity index (χ3v) is 5.34. The molecular weight excluding hydrogens is 392 g/mol. The molecule has 0 atom stereocenters. The Kier molecular flexibility index (Phi) is 5.60. The van der Waals surface area contributed by atoms with Crippen LogP contribution >= 0.6 is 23.4 Å². The Morgan fingerprint density at radius 3 is 2.57 bits per heavy atom. The number of rotatable bonds is 7. The van der Waals surface area contributed by atoms with Gasteiger partial charge in [-0.25, -0.2) is 0 Å². The molecule has 4 aromatic rings. The highest BCUT2D eigenvalue weighted by Crippen LogP contribution is 2.28. The molecule has 2 heterocycles. The van der Waals surface area contributed by atoms with Crippen molar-refractivity contribution >= 4 is 23.4 Å². The zero-order valence-electron chi connectivity index (χ0n) is 15.0. The third kappa shape index (κ3) is 4.03. The van der Waals surface area contributed by atoms with Gasteiger partial charge in [0.05, 0.1) is 5.75 Å². The van der Waals surface area contributed by atoms with Crippen molar-refractivity contribution in [1.82, 2.24) is 19.9 Å². The summed E-state index contributed by atoms with van der Waals surface area (Å²) >= 11 is 7.49. The van der Waals surface area contributed by atoms with Crippen LogP contribution in [-0.2, 0) is 12.3 Å². The standard InChI is InChI=1S/C21H17ClN4OS/c1-2-12-26-20(16-6-4-3-5-7-16)23-24-21(26)28-14-18-13-19(25-27-18)15-8-10-17(22)11-9-15/h2-11,13H,1,12,14H2. The van der Waals surface area contributed by atoms with Crippen molar-refractivity contribution in [1.29, 1.82) is 0 Å². The first kappa shape index (κ1) is 18.5. The van der Waals surface area contributed by atoms with Gasteiger partial charge in [-0.2, -0.15) is 0 Å². The molecule has 0 saturated carbocycles. The molecule has 0 bridgehead atoms. The van der Waals surface area contributed by atoms with Gasteiger partial charge in [-0.15, -0.1) is 16.8 Å². The third-order valence-electron chi connectivity index (χ3n) is 4.10. The van der Waals surface area contributed by atoms with Gasteiger partial charge in [0, 0.05) is 28.8 Å². The van der Waals surface area contributed by atoms with E-state index in [2.05, 4.69) is 21.9 Å². The van der Waals surface area contributed by atoms with Crippen molar-refractivity contribution < 1.29 is 4.52 Å². The average molecular weight is 409 g/mol. The molecule has 4 rings (SSSR count). The highest BCUT2D eigenvalue weighted by Gasteiger charge is 2.15. The molecule has 0 aliphatic rings. The first-order chi connectivity index (χ1) is 13.7. The maximum Gasteiger partial charge on any atom is 0.192 e. The summed E-state index contributed by atoms with van der Waals surface area (Å²) in [5.41, 5.74) is 2.77. The normalized spacial score (nSPS) is 10.9. The molecule has 2 aromatic carbocycles. The Morgan fingerprint density at radius 1 is 1.04 bits per heavy atom. The highest BCUT2D eigenvalue weighted by atomic mass is 35.5. The predicted molar refractivity (Wildman–Crippen MR) is 112 cm³/mol. The monoisotopic (exact) mass is 408 g/mol. The van der Waals surface area contributed by atoms with Crippen molar-refractivity contribution in [2.24, 2.45) is 0 Å². The summed E-state index contributed by atoms with van der Waals surface area (Å²) in [4.78, 5) is 0. The quantitative estimate of drug-likeness (QED) is 0.288. The summed E-state index contributed by atoms with van der Waals surface area (Å²) in [5.74, 6) is 2.19. The van der Waals surface area contributed by atoms with Gasteiger partial charge < -0.3 is 4.52 Å². The van der Waals surface area contributed by atoms with Gasteiger partial charge in [-0.1, -0.05) is 77.1 Å². The van der Waals surface area contributed by atoms with E-state index in [0.29, 0.717) is 17.3 Å². The largest absolute Gasteiger partial charge is 0.360 e. The van der Waals surface area contributed by atoms with Crippen molar-refractivity contribution in [2.75, 3.05) is 0 Å².